The lowest BCUT2D eigenvalue weighted by molar-refractivity contribution is -0.0974. The third-order valence-corrected chi connectivity index (χ3v) is 4.04. The summed E-state index contributed by atoms with van der Waals surface area (Å²) < 4.78 is 5.78. The molecule has 1 amide bonds. The third kappa shape index (κ3) is 3.81. The Morgan fingerprint density at radius 3 is 2.68 bits per heavy atom. The molecule has 2 aliphatic rings. The highest BCUT2D eigenvalue weighted by atomic mass is 16.5. The van der Waals surface area contributed by atoms with Gasteiger partial charge < -0.3 is 25.0 Å². The van der Waals surface area contributed by atoms with Crippen LogP contribution in [0.25, 0.3) is 0 Å². The van der Waals surface area contributed by atoms with E-state index in [1.807, 2.05) is 13.8 Å². The molecule has 0 aromatic heterocycles. The Hall–Kier alpha value is -0.850. The minimum Gasteiger partial charge on any atom is -0.465 e. The van der Waals surface area contributed by atoms with Crippen LogP contribution >= 0.6 is 0 Å². The number of piperazine rings is 1. The Morgan fingerprint density at radius 1 is 1.37 bits per heavy atom. The molecule has 2 N–H and O–H groups in total. The molecule has 110 valence electrons. The fourth-order valence-electron chi connectivity index (χ4n) is 3.03. The highest BCUT2D eigenvalue weighted by Gasteiger charge is 2.35. The van der Waals surface area contributed by atoms with E-state index in [0.717, 1.165) is 39.1 Å². The number of nitrogens with one attached hydrogen (secondary N) is 1. The van der Waals surface area contributed by atoms with Crippen LogP contribution < -0.4 is 5.32 Å². The number of rotatable bonds is 3. The summed E-state index contributed by atoms with van der Waals surface area (Å²) in [6.07, 6.45) is -0.0168. The molecule has 2 rings (SSSR count). The van der Waals surface area contributed by atoms with E-state index in [2.05, 4.69) is 10.2 Å². The number of hydrogen-bond acceptors (Lipinski definition) is 4. The van der Waals surface area contributed by atoms with E-state index in [9.17, 15) is 9.90 Å². The van der Waals surface area contributed by atoms with E-state index >= 15 is 0 Å². The Labute approximate surface area is 114 Å². The van der Waals surface area contributed by atoms with Gasteiger partial charge in [-0.1, -0.05) is 0 Å². The minimum absolute atomic E-state index is 0.0125. The van der Waals surface area contributed by atoms with Crippen molar-refractivity contribution in [2.45, 2.75) is 38.5 Å². The maximum absolute atomic E-state index is 11.4. The molecule has 0 aromatic rings. The van der Waals surface area contributed by atoms with E-state index < -0.39 is 6.09 Å². The number of nitrogens with zero attached hydrogens (tertiary/aromatic N) is 2. The summed E-state index contributed by atoms with van der Waals surface area (Å²) >= 11 is 0. The maximum Gasteiger partial charge on any atom is 0.407 e. The van der Waals surface area contributed by atoms with Crippen molar-refractivity contribution in [1.29, 1.82) is 0 Å². The van der Waals surface area contributed by atoms with Gasteiger partial charge >= 0.3 is 6.09 Å². The van der Waals surface area contributed by atoms with Crippen molar-refractivity contribution in [3.63, 3.8) is 0 Å². The topological polar surface area (TPSA) is 65.0 Å². The predicted molar refractivity (Wildman–Crippen MR) is 72.5 cm³/mol. The summed E-state index contributed by atoms with van der Waals surface area (Å²) in [4.78, 5) is 15.3. The molecule has 3 unspecified atom stereocenters. The summed E-state index contributed by atoms with van der Waals surface area (Å²) in [5.41, 5.74) is 0. The van der Waals surface area contributed by atoms with Gasteiger partial charge in [-0.15, -0.1) is 0 Å². The molecule has 2 saturated heterocycles. The first-order valence-corrected chi connectivity index (χ1v) is 7.16. The number of amides is 1. The van der Waals surface area contributed by atoms with Crippen LogP contribution in [0.1, 0.15) is 20.3 Å². The van der Waals surface area contributed by atoms with Crippen LogP contribution in [0.2, 0.25) is 0 Å². The van der Waals surface area contributed by atoms with Gasteiger partial charge in [0.15, 0.2) is 0 Å². The molecule has 0 bridgehead atoms. The van der Waals surface area contributed by atoms with Crippen molar-refractivity contribution in [2.24, 2.45) is 0 Å². The summed E-state index contributed by atoms with van der Waals surface area (Å²) in [6.45, 7) is 9.47. The van der Waals surface area contributed by atoms with Crippen molar-refractivity contribution in [3.8, 4) is 0 Å². The summed E-state index contributed by atoms with van der Waals surface area (Å²) in [5, 5.41) is 12.7. The van der Waals surface area contributed by atoms with Gasteiger partial charge in [0, 0.05) is 32.7 Å². The van der Waals surface area contributed by atoms with Gasteiger partial charge in [0.2, 0.25) is 0 Å². The standard InChI is InChI=1S/C13H25N3O3/c1-10-9-16(13(17)18)12(11(2)19-10)3-6-15-7-4-14-5-8-15/h10-12,14H,3-9H2,1-2H3,(H,17,18). The summed E-state index contributed by atoms with van der Waals surface area (Å²) in [6, 6.07) is -0.0245. The largest absolute Gasteiger partial charge is 0.465 e. The van der Waals surface area contributed by atoms with E-state index in [4.69, 9.17) is 4.74 Å². The van der Waals surface area contributed by atoms with Crippen LogP contribution in [-0.4, -0.2) is 78.5 Å². The Kier molecular flexibility index (Phi) is 5.01. The van der Waals surface area contributed by atoms with Gasteiger partial charge in [-0.3, -0.25) is 0 Å². The molecule has 0 aromatic carbocycles. The molecule has 0 saturated carbocycles. The van der Waals surface area contributed by atoms with Crippen molar-refractivity contribution in [3.05, 3.63) is 0 Å². The molecule has 0 spiro atoms. The molecule has 2 heterocycles. The Morgan fingerprint density at radius 2 is 2.05 bits per heavy atom. The molecule has 2 aliphatic heterocycles. The van der Waals surface area contributed by atoms with Crippen molar-refractivity contribution < 1.29 is 14.6 Å². The number of hydrogen-bond donors (Lipinski definition) is 2. The zero-order valence-electron chi connectivity index (χ0n) is 11.8. The van der Waals surface area contributed by atoms with Crippen LogP contribution in [0.3, 0.4) is 0 Å². The first-order valence-electron chi connectivity index (χ1n) is 7.16. The van der Waals surface area contributed by atoms with Crippen LogP contribution in [-0.2, 0) is 4.74 Å². The fourth-order valence-corrected chi connectivity index (χ4v) is 3.03. The second-order valence-corrected chi connectivity index (χ2v) is 5.53. The summed E-state index contributed by atoms with van der Waals surface area (Å²) in [7, 11) is 0. The zero-order valence-corrected chi connectivity index (χ0v) is 11.8. The Balaban J connectivity index is 1.89. The molecule has 19 heavy (non-hydrogen) atoms. The maximum atomic E-state index is 11.4. The molecular formula is C13H25N3O3. The lowest BCUT2D eigenvalue weighted by Crippen LogP contribution is -2.56. The van der Waals surface area contributed by atoms with E-state index in [1.54, 1.807) is 4.90 Å². The SMILES string of the molecule is CC1CN(C(=O)O)C(CCN2CCNCC2)C(C)O1. The van der Waals surface area contributed by atoms with Gasteiger partial charge in [0.25, 0.3) is 0 Å². The van der Waals surface area contributed by atoms with Gasteiger partial charge in [-0.05, 0) is 20.3 Å². The molecule has 2 fully saturated rings. The van der Waals surface area contributed by atoms with Gasteiger partial charge in [0.05, 0.1) is 24.8 Å². The molecule has 6 heteroatoms. The minimum atomic E-state index is -0.827. The van der Waals surface area contributed by atoms with Crippen LogP contribution in [0, 0.1) is 0 Å². The van der Waals surface area contributed by atoms with Gasteiger partial charge in [-0.25, -0.2) is 4.79 Å². The molecular weight excluding hydrogens is 246 g/mol. The highest BCUT2D eigenvalue weighted by molar-refractivity contribution is 5.65. The van der Waals surface area contributed by atoms with E-state index in [0.29, 0.717) is 6.54 Å². The monoisotopic (exact) mass is 271 g/mol. The van der Waals surface area contributed by atoms with Crippen molar-refractivity contribution in [2.75, 3.05) is 39.3 Å². The first-order chi connectivity index (χ1) is 9.08. The van der Waals surface area contributed by atoms with Gasteiger partial charge in [0.1, 0.15) is 0 Å². The van der Waals surface area contributed by atoms with Gasteiger partial charge in [-0.2, -0.15) is 0 Å². The smallest absolute Gasteiger partial charge is 0.407 e. The third-order valence-electron chi connectivity index (χ3n) is 4.04. The second kappa shape index (κ2) is 6.54. The number of ether oxygens (including phenoxy) is 1. The molecule has 0 radical (unpaired) electrons. The lowest BCUT2D eigenvalue weighted by Gasteiger charge is -2.42. The predicted octanol–water partition coefficient (Wildman–Crippen LogP) is 0.438. The summed E-state index contributed by atoms with van der Waals surface area (Å²) in [5.74, 6) is 0. The average molecular weight is 271 g/mol. The number of carbonyl (C=O) groups is 1. The quantitative estimate of drug-likeness (QED) is 0.779. The highest BCUT2D eigenvalue weighted by Crippen LogP contribution is 2.21. The van der Waals surface area contributed by atoms with Crippen LogP contribution in [0.5, 0.6) is 0 Å². The molecule has 0 aliphatic carbocycles. The van der Waals surface area contributed by atoms with Crippen molar-refractivity contribution in [1.82, 2.24) is 15.1 Å². The first kappa shape index (κ1) is 14.6. The molecule has 3 atom stereocenters. The van der Waals surface area contributed by atoms with Crippen LogP contribution in [0.4, 0.5) is 4.79 Å². The van der Waals surface area contributed by atoms with Crippen LogP contribution in [0.15, 0.2) is 0 Å². The fraction of sp³-hybridized carbons (Fsp3) is 0.923. The normalized spacial score (nSPS) is 33.4. The number of carboxylic acid groups (broad SMARTS) is 1. The average Bonchev–Trinajstić information content (AvgIpc) is 2.38. The lowest BCUT2D eigenvalue weighted by atomic mass is 10.0. The number of morpholine rings is 1. The van der Waals surface area contributed by atoms with E-state index in [1.165, 1.54) is 0 Å². The zero-order chi connectivity index (χ0) is 13.8. The second-order valence-electron chi connectivity index (χ2n) is 5.53. The van der Waals surface area contributed by atoms with Crippen molar-refractivity contribution >= 4 is 6.09 Å². The Bertz CT molecular complexity index is 308. The molecule has 6 nitrogen and oxygen atoms in total. The van der Waals surface area contributed by atoms with E-state index in [-0.39, 0.29) is 18.2 Å².